The molecule has 4 aromatic rings. The molecule has 31 heavy (non-hydrogen) atoms. The van der Waals surface area contributed by atoms with E-state index in [1.54, 1.807) is 15.9 Å². The summed E-state index contributed by atoms with van der Waals surface area (Å²) in [7, 11) is 0. The fraction of sp³-hybridized carbons (Fsp3) is 0.400. The Kier molecular flexibility index (Phi) is 6.21. The number of nitrogens with two attached hydrogens (primary N) is 1. The minimum atomic E-state index is -0.0436. The van der Waals surface area contributed by atoms with Gasteiger partial charge in [0.1, 0.15) is 0 Å². The lowest BCUT2D eigenvalue weighted by molar-refractivity contribution is -0.120. The lowest BCUT2D eigenvalue weighted by Crippen LogP contribution is -2.27. The van der Waals surface area contributed by atoms with Gasteiger partial charge >= 0.3 is 0 Å². The maximum absolute atomic E-state index is 12.4. The van der Waals surface area contributed by atoms with Crippen LogP contribution in [0.1, 0.15) is 42.1 Å². The highest BCUT2D eigenvalue weighted by Crippen LogP contribution is 2.21. The monoisotopic (exact) mass is 440 g/mol. The summed E-state index contributed by atoms with van der Waals surface area (Å²) in [5.41, 5.74) is 8.07. The Bertz CT molecular complexity index is 1180. The molecule has 0 spiro atoms. The Morgan fingerprint density at radius 1 is 1.23 bits per heavy atom. The Balaban J connectivity index is 1.19. The molecule has 0 aliphatic heterocycles. The van der Waals surface area contributed by atoms with Crippen LogP contribution in [-0.2, 0) is 17.6 Å². The molecular weight excluding hydrogens is 416 g/mol. The lowest BCUT2D eigenvalue weighted by Gasteiger charge is -2.10. The van der Waals surface area contributed by atoms with Crippen LogP contribution in [0.25, 0.3) is 16.5 Å². The smallest absolute Gasteiger partial charge is 0.254 e. The summed E-state index contributed by atoms with van der Waals surface area (Å²) in [6, 6.07) is 3.94. The van der Waals surface area contributed by atoms with Gasteiger partial charge in [0, 0.05) is 29.9 Å². The molecule has 0 aliphatic carbocycles. The molecule has 0 radical (unpaired) electrons. The quantitative estimate of drug-likeness (QED) is 0.379. The predicted octanol–water partition coefficient (Wildman–Crippen LogP) is 2.51. The third kappa shape index (κ3) is 4.88. The number of carbonyl (C=O) groups excluding carboxylic acids is 1. The fourth-order valence-electron chi connectivity index (χ4n) is 3.37. The molecule has 4 aromatic heterocycles. The molecule has 0 atom stereocenters. The molecule has 0 aliphatic rings. The number of aryl methyl sites for hydroxylation is 3. The standard InChI is InChI=1S/C20H24N8O2S/c1-12-14(13(2)28-20(23-12)25-19(21)26-28)11-16(29)22-9-5-3-4-8-17-24-18(27-30-17)15-7-6-10-31-15/h6-7,10H,3-5,8-9,11H2,1-2H3,(H2,21,26)(H,22,29). The van der Waals surface area contributed by atoms with Crippen LogP contribution < -0.4 is 11.1 Å². The highest BCUT2D eigenvalue weighted by atomic mass is 32.1. The van der Waals surface area contributed by atoms with Crippen molar-refractivity contribution < 1.29 is 9.32 Å². The summed E-state index contributed by atoms with van der Waals surface area (Å²) < 4.78 is 6.88. The van der Waals surface area contributed by atoms with E-state index in [9.17, 15) is 4.79 Å². The Morgan fingerprint density at radius 3 is 2.90 bits per heavy atom. The minimum Gasteiger partial charge on any atom is -0.366 e. The maximum atomic E-state index is 12.4. The van der Waals surface area contributed by atoms with Crippen molar-refractivity contribution >= 4 is 29.0 Å². The number of amides is 1. The third-order valence-corrected chi connectivity index (χ3v) is 5.87. The number of carbonyl (C=O) groups is 1. The molecule has 10 nitrogen and oxygen atoms in total. The van der Waals surface area contributed by atoms with Gasteiger partial charge in [-0.3, -0.25) is 4.79 Å². The van der Waals surface area contributed by atoms with Crippen LogP contribution in [0.5, 0.6) is 0 Å². The summed E-state index contributed by atoms with van der Waals surface area (Å²) in [6.07, 6.45) is 3.74. The van der Waals surface area contributed by atoms with Gasteiger partial charge in [0.05, 0.1) is 11.3 Å². The maximum Gasteiger partial charge on any atom is 0.254 e. The summed E-state index contributed by atoms with van der Waals surface area (Å²) in [5, 5.41) is 13.1. The molecule has 0 fully saturated rings. The molecule has 162 valence electrons. The SMILES string of the molecule is Cc1nc2nc(N)nn2c(C)c1CC(=O)NCCCCCc1nc(-c2cccs2)no1. The van der Waals surface area contributed by atoms with Gasteiger partial charge < -0.3 is 15.6 Å². The van der Waals surface area contributed by atoms with Crippen LogP contribution in [0.3, 0.4) is 0 Å². The number of anilines is 1. The van der Waals surface area contributed by atoms with Gasteiger partial charge in [-0.1, -0.05) is 17.6 Å². The molecule has 0 aromatic carbocycles. The normalized spacial score (nSPS) is 11.3. The topological polar surface area (TPSA) is 137 Å². The first kappa shape index (κ1) is 20.9. The lowest BCUT2D eigenvalue weighted by atomic mass is 10.1. The van der Waals surface area contributed by atoms with Gasteiger partial charge in [-0.15, -0.1) is 16.4 Å². The van der Waals surface area contributed by atoms with E-state index in [-0.39, 0.29) is 18.3 Å². The van der Waals surface area contributed by atoms with Crippen molar-refractivity contribution in [2.24, 2.45) is 0 Å². The number of nitrogens with one attached hydrogen (secondary N) is 1. The Hall–Kier alpha value is -3.34. The molecule has 0 saturated carbocycles. The molecule has 0 unspecified atom stereocenters. The average molecular weight is 441 g/mol. The number of aromatic nitrogens is 6. The molecule has 11 heteroatoms. The fourth-order valence-corrected chi connectivity index (χ4v) is 4.02. The zero-order valence-corrected chi connectivity index (χ0v) is 18.3. The van der Waals surface area contributed by atoms with E-state index in [1.807, 2.05) is 31.4 Å². The van der Waals surface area contributed by atoms with E-state index in [2.05, 4.69) is 30.5 Å². The van der Waals surface area contributed by atoms with Crippen molar-refractivity contribution in [2.45, 2.75) is 46.0 Å². The van der Waals surface area contributed by atoms with Crippen LogP contribution in [0, 0.1) is 13.8 Å². The minimum absolute atomic E-state index is 0.0436. The molecular formula is C20H24N8O2S. The molecule has 4 rings (SSSR count). The number of nitrogens with zero attached hydrogens (tertiary/aromatic N) is 6. The first-order chi connectivity index (χ1) is 15.0. The van der Waals surface area contributed by atoms with E-state index in [1.165, 1.54) is 0 Å². The average Bonchev–Trinajstić information content (AvgIpc) is 3.48. The van der Waals surface area contributed by atoms with Crippen LogP contribution in [0.4, 0.5) is 5.95 Å². The third-order valence-electron chi connectivity index (χ3n) is 5.00. The van der Waals surface area contributed by atoms with Crippen molar-refractivity contribution in [2.75, 3.05) is 12.3 Å². The van der Waals surface area contributed by atoms with E-state index in [0.717, 1.165) is 47.5 Å². The Morgan fingerprint density at radius 2 is 2.10 bits per heavy atom. The second kappa shape index (κ2) is 9.21. The molecule has 0 saturated heterocycles. The van der Waals surface area contributed by atoms with Crippen molar-refractivity contribution in [3.8, 4) is 10.7 Å². The van der Waals surface area contributed by atoms with Crippen LogP contribution in [0.15, 0.2) is 22.0 Å². The molecule has 3 N–H and O–H groups in total. The van der Waals surface area contributed by atoms with Crippen molar-refractivity contribution in [1.29, 1.82) is 0 Å². The van der Waals surface area contributed by atoms with E-state index in [0.29, 0.717) is 24.0 Å². The number of rotatable bonds is 9. The summed E-state index contributed by atoms with van der Waals surface area (Å²) >= 11 is 1.59. The van der Waals surface area contributed by atoms with Crippen LogP contribution in [0.2, 0.25) is 0 Å². The number of unbranched alkanes of at least 4 members (excludes halogenated alkanes) is 2. The first-order valence-electron chi connectivity index (χ1n) is 10.1. The van der Waals surface area contributed by atoms with Crippen LogP contribution in [-0.4, -0.2) is 42.2 Å². The second-order valence-corrected chi connectivity index (χ2v) is 8.22. The predicted molar refractivity (Wildman–Crippen MR) is 117 cm³/mol. The summed E-state index contributed by atoms with van der Waals surface area (Å²) in [5.74, 6) is 1.86. The zero-order valence-electron chi connectivity index (χ0n) is 17.5. The van der Waals surface area contributed by atoms with Crippen molar-refractivity contribution in [1.82, 2.24) is 35.0 Å². The molecule has 4 heterocycles. The van der Waals surface area contributed by atoms with E-state index >= 15 is 0 Å². The highest BCUT2D eigenvalue weighted by molar-refractivity contribution is 7.13. The number of hydrogen-bond acceptors (Lipinski definition) is 9. The summed E-state index contributed by atoms with van der Waals surface area (Å²) in [6.45, 7) is 4.37. The van der Waals surface area contributed by atoms with Crippen molar-refractivity contribution in [3.05, 3.63) is 40.4 Å². The van der Waals surface area contributed by atoms with E-state index < -0.39 is 0 Å². The number of nitrogen functional groups attached to an aromatic ring is 1. The molecule has 0 bridgehead atoms. The van der Waals surface area contributed by atoms with Crippen molar-refractivity contribution in [3.63, 3.8) is 0 Å². The number of thiophene rings is 1. The van der Waals surface area contributed by atoms with Gasteiger partial charge in [-0.25, -0.2) is 4.98 Å². The number of fused-ring (bicyclic) bond motifs is 1. The van der Waals surface area contributed by atoms with Gasteiger partial charge in [-0.2, -0.15) is 14.5 Å². The van der Waals surface area contributed by atoms with Gasteiger partial charge in [-0.05, 0) is 38.1 Å². The van der Waals surface area contributed by atoms with Gasteiger partial charge in [0.15, 0.2) is 0 Å². The van der Waals surface area contributed by atoms with Crippen LogP contribution >= 0.6 is 11.3 Å². The first-order valence-corrected chi connectivity index (χ1v) is 11.0. The highest BCUT2D eigenvalue weighted by Gasteiger charge is 2.15. The summed E-state index contributed by atoms with van der Waals surface area (Å²) in [4.78, 5) is 26.3. The molecule has 1 amide bonds. The largest absolute Gasteiger partial charge is 0.366 e. The van der Waals surface area contributed by atoms with Gasteiger partial charge in [0.25, 0.3) is 5.78 Å². The second-order valence-electron chi connectivity index (χ2n) is 7.27. The zero-order chi connectivity index (χ0) is 21.8. The van der Waals surface area contributed by atoms with E-state index in [4.69, 9.17) is 10.3 Å². The Labute approximate surface area is 182 Å². The number of hydrogen-bond donors (Lipinski definition) is 2. The van der Waals surface area contributed by atoms with Gasteiger partial charge in [0.2, 0.25) is 23.6 Å².